The molecule has 1 N–H and O–H groups in total. The van der Waals surface area contributed by atoms with Gasteiger partial charge in [-0.2, -0.15) is 0 Å². The molecule has 150 valence electrons. The largest absolute Gasteiger partial charge is 0.463 e. The molecule has 0 radical (unpaired) electrons. The van der Waals surface area contributed by atoms with E-state index < -0.39 is 17.7 Å². The van der Waals surface area contributed by atoms with E-state index in [1.165, 1.54) is 6.08 Å². The monoisotopic (exact) mass is 382 g/mol. The van der Waals surface area contributed by atoms with Crippen molar-refractivity contribution < 1.29 is 19.4 Å². The molecule has 0 aromatic heterocycles. The van der Waals surface area contributed by atoms with Crippen LogP contribution >= 0.6 is 0 Å². The third kappa shape index (κ3) is 6.04. The summed E-state index contributed by atoms with van der Waals surface area (Å²) in [6.07, 6.45) is 2.65. The molecular weight excluding hydrogens is 352 g/mol. The van der Waals surface area contributed by atoms with Crippen LogP contribution in [-0.4, -0.2) is 24.3 Å². The molecule has 0 heterocycles. The van der Waals surface area contributed by atoms with Crippen molar-refractivity contribution in [3.05, 3.63) is 83.9 Å². The van der Waals surface area contributed by atoms with Gasteiger partial charge in [-0.3, -0.25) is 0 Å². The fourth-order valence-corrected chi connectivity index (χ4v) is 3.05. The molecule has 4 heteroatoms. The lowest BCUT2D eigenvalue weighted by Gasteiger charge is -2.37. The van der Waals surface area contributed by atoms with Crippen LogP contribution in [0.1, 0.15) is 44.4 Å². The van der Waals surface area contributed by atoms with Crippen LogP contribution in [-0.2, 0) is 19.9 Å². The number of hydrogen-bond donors (Lipinski definition) is 1. The van der Waals surface area contributed by atoms with Gasteiger partial charge in [0.05, 0.1) is 6.61 Å². The van der Waals surface area contributed by atoms with E-state index in [9.17, 15) is 9.90 Å². The number of hydrogen-bond acceptors (Lipinski definition) is 4. The van der Waals surface area contributed by atoms with Crippen LogP contribution in [0, 0.1) is 5.92 Å². The zero-order valence-corrected chi connectivity index (χ0v) is 16.9. The van der Waals surface area contributed by atoms with Gasteiger partial charge >= 0.3 is 5.97 Å². The molecule has 0 saturated heterocycles. The van der Waals surface area contributed by atoms with Crippen molar-refractivity contribution in [3.8, 4) is 0 Å². The summed E-state index contributed by atoms with van der Waals surface area (Å²) >= 11 is 0. The predicted molar refractivity (Wildman–Crippen MR) is 111 cm³/mol. The van der Waals surface area contributed by atoms with Crippen LogP contribution < -0.4 is 0 Å². The Morgan fingerprint density at radius 3 is 2.25 bits per heavy atom. The number of aliphatic hydroxyl groups is 1. The Kier molecular flexibility index (Phi) is 8.42. The van der Waals surface area contributed by atoms with E-state index in [2.05, 4.69) is 13.8 Å². The molecule has 0 spiro atoms. The Morgan fingerprint density at radius 1 is 1.07 bits per heavy atom. The molecular formula is C24H30O4. The van der Waals surface area contributed by atoms with E-state index in [-0.39, 0.29) is 6.42 Å². The topological polar surface area (TPSA) is 55.8 Å². The van der Waals surface area contributed by atoms with Crippen molar-refractivity contribution in [2.24, 2.45) is 5.92 Å². The lowest BCUT2D eigenvalue weighted by atomic mass is 9.81. The standard InChI is InChI=1S/C24H30O4/c1-4-27-22(25)16-11-17-24(26,21-14-9-6-10-15-21)23(28-18-19(2)3)20-12-7-5-8-13-20/h5-16,19,23,26H,4,17-18H2,1-3H3/b16-11+/t23-,24+/m0/s1. The third-order valence-electron chi connectivity index (χ3n) is 4.38. The molecule has 0 saturated carbocycles. The number of benzene rings is 2. The van der Waals surface area contributed by atoms with E-state index in [1.807, 2.05) is 60.7 Å². The van der Waals surface area contributed by atoms with Crippen LogP contribution in [0.15, 0.2) is 72.8 Å². The second-order valence-corrected chi connectivity index (χ2v) is 7.17. The zero-order valence-electron chi connectivity index (χ0n) is 16.9. The Bertz CT molecular complexity index is 740. The Labute approximate surface area is 167 Å². The van der Waals surface area contributed by atoms with Crippen LogP contribution in [0.3, 0.4) is 0 Å². The summed E-state index contributed by atoms with van der Waals surface area (Å²) in [5.41, 5.74) is 0.292. The predicted octanol–water partition coefficient (Wildman–Crippen LogP) is 4.80. The lowest BCUT2D eigenvalue weighted by Crippen LogP contribution is -2.35. The average molecular weight is 383 g/mol. The minimum Gasteiger partial charge on any atom is -0.463 e. The van der Waals surface area contributed by atoms with E-state index in [4.69, 9.17) is 9.47 Å². The molecule has 2 atom stereocenters. The number of carbonyl (C=O) groups is 1. The second-order valence-electron chi connectivity index (χ2n) is 7.17. The number of carbonyl (C=O) groups excluding carboxylic acids is 1. The van der Waals surface area contributed by atoms with Crippen molar-refractivity contribution in [2.75, 3.05) is 13.2 Å². The maximum atomic E-state index is 11.8. The Balaban J connectivity index is 2.42. The van der Waals surface area contributed by atoms with Crippen molar-refractivity contribution in [1.82, 2.24) is 0 Å². The van der Waals surface area contributed by atoms with Gasteiger partial charge in [-0.05, 0) is 24.0 Å². The van der Waals surface area contributed by atoms with Gasteiger partial charge in [0, 0.05) is 19.1 Å². The van der Waals surface area contributed by atoms with Crippen LogP contribution in [0.5, 0.6) is 0 Å². The third-order valence-corrected chi connectivity index (χ3v) is 4.38. The molecule has 2 rings (SSSR count). The SMILES string of the molecule is CCOC(=O)/C=C/C[C@@](O)(c1ccccc1)[C@@H](OCC(C)C)c1ccccc1. The van der Waals surface area contributed by atoms with E-state index in [0.717, 1.165) is 11.1 Å². The molecule has 0 amide bonds. The van der Waals surface area contributed by atoms with Gasteiger partial charge in [-0.15, -0.1) is 0 Å². The van der Waals surface area contributed by atoms with Crippen molar-refractivity contribution >= 4 is 5.97 Å². The normalized spacial score (nSPS) is 14.8. The van der Waals surface area contributed by atoms with Crippen molar-refractivity contribution in [1.29, 1.82) is 0 Å². The summed E-state index contributed by atoms with van der Waals surface area (Å²) in [6, 6.07) is 19.2. The van der Waals surface area contributed by atoms with Crippen molar-refractivity contribution in [2.45, 2.75) is 38.9 Å². The first-order valence-electron chi connectivity index (χ1n) is 9.75. The minimum absolute atomic E-state index is 0.216. The highest BCUT2D eigenvalue weighted by Gasteiger charge is 2.39. The summed E-state index contributed by atoms with van der Waals surface area (Å²) in [4.78, 5) is 11.7. The Morgan fingerprint density at radius 2 is 1.68 bits per heavy atom. The van der Waals surface area contributed by atoms with Gasteiger partial charge in [0.15, 0.2) is 0 Å². The summed E-state index contributed by atoms with van der Waals surface area (Å²) in [6.45, 7) is 6.73. The summed E-state index contributed by atoms with van der Waals surface area (Å²) < 4.78 is 11.2. The average Bonchev–Trinajstić information content (AvgIpc) is 2.69. The maximum Gasteiger partial charge on any atom is 0.330 e. The number of rotatable bonds is 10. The maximum absolute atomic E-state index is 11.8. The number of esters is 1. The van der Waals surface area contributed by atoms with Gasteiger partial charge in [-0.1, -0.05) is 80.6 Å². The first-order valence-corrected chi connectivity index (χ1v) is 9.75. The van der Waals surface area contributed by atoms with E-state index in [1.54, 1.807) is 13.0 Å². The van der Waals surface area contributed by atoms with E-state index >= 15 is 0 Å². The highest BCUT2D eigenvalue weighted by atomic mass is 16.5. The van der Waals surface area contributed by atoms with Crippen molar-refractivity contribution in [3.63, 3.8) is 0 Å². The minimum atomic E-state index is -1.33. The summed E-state index contributed by atoms with van der Waals surface area (Å²) in [5.74, 6) is -0.0985. The zero-order chi connectivity index (χ0) is 20.4. The summed E-state index contributed by atoms with van der Waals surface area (Å²) in [5, 5.41) is 11.8. The fraction of sp³-hybridized carbons (Fsp3) is 0.375. The van der Waals surface area contributed by atoms with Gasteiger partial charge < -0.3 is 14.6 Å². The molecule has 0 aliphatic rings. The fourth-order valence-electron chi connectivity index (χ4n) is 3.05. The first kappa shape index (κ1) is 21.9. The molecule has 2 aromatic carbocycles. The van der Waals surface area contributed by atoms with Gasteiger partial charge in [0.2, 0.25) is 0 Å². The summed E-state index contributed by atoms with van der Waals surface area (Å²) in [7, 11) is 0. The number of ether oxygens (including phenoxy) is 2. The van der Waals surface area contributed by atoms with Gasteiger partial charge in [-0.25, -0.2) is 4.79 Å². The molecule has 2 aromatic rings. The van der Waals surface area contributed by atoms with Crippen LogP contribution in [0.4, 0.5) is 0 Å². The molecule has 28 heavy (non-hydrogen) atoms. The Hall–Kier alpha value is -2.43. The quantitative estimate of drug-likeness (QED) is 0.474. The highest BCUT2D eigenvalue weighted by Crippen LogP contribution is 2.41. The lowest BCUT2D eigenvalue weighted by molar-refractivity contribution is -0.137. The molecule has 0 aliphatic carbocycles. The van der Waals surface area contributed by atoms with Crippen LogP contribution in [0.25, 0.3) is 0 Å². The molecule has 0 bridgehead atoms. The molecule has 0 fully saturated rings. The second kappa shape index (κ2) is 10.8. The van der Waals surface area contributed by atoms with Gasteiger partial charge in [0.1, 0.15) is 11.7 Å². The molecule has 0 aliphatic heterocycles. The highest BCUT2D eigenvalue weighted by molar-refractivity contribution is 5.81. The smallest absolute Gasteiger partial charge is 0.330 e. The van der Waals surface area contributed by atoms with Crippen LogP contribution in [0.2, 0.25) is 0 Å². The van der Waals surface area contributed by atoms with E-state index in [0.29, 0.717) is 19.1 Å². The van der Waals surface area contributed by atoms with Gasteiger partial charge in [0.25, 0.3) is 0 Å². The molecule has 4 nitrogen and oxygen atoms in total. The first-order chi connectivity index (χ1) is 13.5. The molecule has 0 unspecified atom stereocenters.